The molecule has 1 aliphatic rings. The van der Waals surface area contributed by atoms with E-state index < -0.39 is 0 Å². The lowest BCUT2D eigenvalue weighted by molar-refractivity contribution is 0.0570. The van der Waals surface area contributed by atoms with Gasteiger partial charge in [0.05, 0.1) is 24.4 Å². The number of amides is 1. The van der Waals surface area contributed by atoms with Crippen LogP contribution in [0.2, 0.25) is 0 Å². The number of rotatable bonds is 2. The number of fused-ring (bicyclic) bond motifs is 4. The first-order valence-electron chi connectivity index (χ1n) is 14.5. The van der Waals surface area contributed by atoms with E-state index in [0.29, 0.717) is 44.7 Å². The van der Waals surface area contributed by atoms with E-state index in [1.54, 1.807) is 11.1 Å². The van der Waals surface area contributed by atoms with Crippen molar-refractivity contribution in [2.24, 2.45) is 7.05 Å². The number of pyridine rings is 1. The minimum absolute atomic E-state index is 0.155. The number of carbonyl (C=O) groups excluding carboxylic acids is 1. The van der Waals surface area contributed by atoms with Crippen LogP contribution in [-0.4, -0.2) is 46.9 Å². The van der Waals surface area contributed by atoms with Gasteiger partial charge in [-0.05, 0) is 67.3 Å². The summed E-state index contributed by atoms with van der Waals surface area (Å²) in [6.07, 6.45) is 2.28. The molecule has 0 unspecified atom stereocenters. The monoisotopic (exact) mass is 577 g/mol. The molecule has 1 amide bonds. The number of benzene rings is 3. The molecular formula is C35H35N3O5. The Morgan fingerprint density at radius 2 is 1.77 bits per heavy atom. The highest BCUT2D eigenvalue weighted by atomic mass is 16.5. The van der Waals surface area contributed by atoms with E-state index in [1.807, 2.05) is 74.9 Å². The van der Waals surface area contributed by atoms with Crippen LogP contribution in [0.4, 0.5) is 0 Å². The van der Waals surface area contributed by atoms with Crippen molar-refractivity contribution in [3.8, 4) is 16.9 Å². The Kier molecular flexibility index (Phi) is 7.86. The maximum atomic E-state index is 13.9. The van der Waals surface area contributed by atoms with E-state index >= 15 is 0 Å². The quantitative estimate of drug-likeness (QED) is 0.265. The number of ether oxygens (including phenoxy) is 2. The Hall–Kier alpha value is -4.69. The molecule has 3 heterocycles. The molecule has 220 valence electrons. The first-order valence-corrected chi connectivity index (χ1v) is 14.5. The van der Waals surface area contributed by atoms with Gasteiger partial charge in [-0.1, -0.05) is 47.1 Å². The zero-order valence-electron chi connectivity index (χ0n) is 25.0. The van der Waals surface area contributed by atoms with Crippen LogP contribution >= 0.6 is 0 Å². The van der Waals surface area contributed by atoms with Crippen molar-refractivity contribution in [3.63, 3.8) is 0 Å². The molecule has 0 spiro atoms. The molecule has 43 heavy (non-hydrogen) atoms. The summed E-state index contributed by atoms with van der Waals surface area (Å²) in [6, 6.07) is 20.1. The van der Waals surface area contributed by atoms with Gasteiger partial charge in [-0.2, -0.15) is 0 Å². The van der Waals surface area contributed by atoms with Crippen molar-refractivity contribution >= 4 is 16.8 Å². The number of hydrogen-bond donors (Lipinski definition) is 0. The molecule has 0 aliphatic carbocycles. The molecule has 3 aromatic carbocycles. The molecule has 0 saturated heterocycles. The van der Waals surface area contributed by atoms with Gasteiger partial charge in [0.15, 0.2) is 0 Å². The van der Waals surface area contributed by atoms with Crippen molar-refractivity contribution < 1.29 is 18.8 Å². The summed E-state index contributed by atoms with van der Waals surface area (Å²) in [7, 11) is 1.86. The SMILES string of the molecule is Cc1ccc2c(c1)c(=O)c(C(=O)N1CCOCCOc3ccc(-c4c(C)noc4C)cc3Cc3cccc(c3)C1)cn2C. The summed E-state index contributed by atoms with van der Waals surface area (Å²) < 4.78 is 19.3. The smallest absolute Gasteiger partial charge is 0.259 e. The largest absolute Gasteiger partial charge is 0.491 e. The molecule has 8 nitrogen and oxygen atoms in total. The van der Waals surface area contributed by atoms with Crippen LogP contribution in [0, 0.1) is 20.8 Å². The van der Waals surface area contributed by atoms with Gasteiger partial charge in [0.25, 0.3) is 5.91 Å². The predicted molar refractivity (Wildman–Crippen MR) is 166 cm³/mol. The average Bonchev–Trinajstić information content (AvgIpc) is 3.33. The second kappa shape index (κ2) is 11.9. The first kappa shape index (κ1) is 28.4. The number of aryl methyl sites for hydroxylation is 4. The normalized spacial score (nSPS) is 14.2. The fourth-order valence-corrected chi connectivity index (χ4v) is 5.86. The molecule has 0 saturated carbocycles. The van der Waals surface area contributed by atoms with Crippen LogP contribution in [-0.2, 0) is 24.8 Å². The number of carbonyl (C=O) groups is 1. The number of hydrogen-bond acceptors (Lipinski definition) is 6. The third-order valence-electron chi connectivity index (χ3n) is 7.99. The van der Waals surface area contributed by atoms with Crippen LogP contribution in [0.1, 0.15) is 44.1 Å². The van der Waals surface area contributed by atoms with Crippen molar-refractivity contribution in [3.05, 3.63) is 116 Å². The van der Waals surface area contributed by atoms with Crippen LogP contribution in [0.3, 0.4) is 0 Å². The molecule has 8 heteroatoms. The van der Waals surface area contributed by atoms with Crippen LogP contribution in [0.15, 0.2) is 76.2 Å². The van der Waals surface area contributed by atoms with Crippen LogP contribution in [0.5, 0.6) is 5.75 Å². The van der Waals surface area contributed by atoms with E-state index in [0.717, 1.165) is 56.1 Å². The molecule has 2 bridgehead atoms. The minimum Gasteiger partial charge on any atom is -0.491 e. The highest BCUT2D eigenvalue weighted by Gasteiger charge is 2.22. The summed E-state index contributed by atoms with van der Waals surface area (Å²) in [4.78, 5) is 29.1. The second-order valence-corrected chi connectivity index (χ2v) is 11.2. The van der Waals surface area contributed by atoms with Gasteiger partial charge in [0, 0.05) is 43.7 Å². The van der Waals surface area contributed by atoms with Crippen molar-refractivity contribution in [2.45, 2.75) is 33.7 Å². The van der Waals surface area contributed by atoms with Gasteiger partial charge in [0.2, 0.25) is 5.43 Å². The van der Waals surface area contributed by atoms with Gasteiger partial charge in [0.1, 0.15) is 23.7 Å². The summed E-state index contributed by atoms with van der Waals surface area (Å²) in [6.45, 7) is 7.56. The number of aromatic nitrogens is 2. The molecule has 1 aliphatic heterocycles. The maximum Gasteiger partial charge on any atom is 0.259 e. The van der Waals surface area contributed by atoms with Gasteiger partial charge < -0.3 is 23.5 Å². The summed E-state index contributed by atoms with van der Waals surface area (Å²) in [5.74, 6) is 1.27. The van der Waals surface area contributed by atoms with Crippen LogP contribution in [0.25, 0.3) is 22.0 Å². The Morgan fingerprint density at radius 3 is 2.58 bits per heavy atom. The first-order chi connectivity index (χ1) is 20.8. The fourth-order valence-electron chi connectivity index (χ4n) is 5.86. The van der Waals surface area contributed by atoms with Gasteiger partial charge in [-0.25, -0.2) is 0 Å². The third-order valence-corrected chi connectivity index (χ3v) is 7.99. The molecule has 2 aromatic heterocycles. The standard InChI is InChI=1S/C35H35N3O5/c1-22-8-10-31-29(16-22)34(39)30(21-37(31)4)35(40)38-12-13-41-14-15-42-32-11-9-27(33-23(2)36-43-24(33)3)19-28(32)18-25-6-5-7-26(17-25)20-38/h5-11,16-17,19,21H,12-15,18,20H2,1-4H3. The highest BCUT2D eigenvalue weighted by Crippen LogP contribution is 2.32. The van der Waals surface area contributed by atoms with Gasteiger partial charge in [-0.15, -0.1) is 0 Å². The molecule has 0 N–H and O–H groups in total. The van der Waals surface area contributed by atoms with Crippen LogP contribution < -0.4 is 10.2 Å². The van der Waals surface area contributed by atoms with E-state index in [9.17, 15) is 9.59 Å². The Morgan fingerprint density at radius 1 is 0.930 bits per heavy atom. The molecule has 0 fully saturated rings. The third kappa shape index (κ3) is 5.83. The Balaban J connectivity index is 1.34. The molecular weight excluding hydrogens is 542 g/mol. The summed E-state index contributed by atoms with van der Waals surface area (Å²) >= 11 is 0. The zero-order chi connectivity index (χ0) is 30.1. The Bertz CT molecular complexity index is 1870. The molecule has 6 rings (SSSR count). The van der Waals surface area contributed by atoms with Crippen molar-refractivity contribution in [1.82, 2.24) is 14.6 Å². The lowest BCUT2D eigenvalue weighted by Gasteiger charge is -2.24. The highest BCUT2D eigenvalue weighted by molar-refractivity contribution is 5.97. The van der Waals surface area contributed by atoms with E-state index in [2.05, 4.69) is 23.4 Å². The zero-order valence-corrected chi connectivity index (χ0v) is 25.0. The average molecular weight is 578 g/mol. The second-order valence-electron chi connectivity index (χ2n) is 11.2. The maximum absolute atomic E-state index is 13.9. The van der Waals surface area contributed by atoms with E-state index in [-0.39, 0.29) is 16.9 Å². The predicted octanol–water partition coefficient (Wildman–Crippen LogP) is 5.76. The topological polar surface area (TPSA) is 86.8 Å². The van der Waals surface area contributed by atoms with Gasteiger partial charge >= 0.3 is 0 Å². The molecule has 0 radical (unpaired) electrons. The molecule has 0 atom stereocenters. The lowest BCUT2D eigenvalue weighted by atomic mass is 9.96. The Labute approximate surface area is 250 Å². The van der Waals surface area contributed by atoms with E-state index in [4.69, 9.17) is 14.0 Å². The van der Waals surface area contributed by atoms with E-state index in [1.165, 1.54) is 0 Å². The molecule has 5 aromatic rings. The number of nitrogens with zero attached hydrogens (tertiary/aromatic N) is 3. The van der Waals surface area contributed by atoms with Crippen molar-refractivity contribution in [2.75, 3.05) is 26.4 Å². The lowest BCUT2D eigenvalue weighted by Crippen LogP contribution is -2.37. The summed E-state index contributed by atoms with van der Waals surface area (Å²) in [5.41, 5.74) is 7.63. The van der Waals surface area contributed by atoms with Gasteiger partial charge in [-0.3, -0.25) is 9.59 Å². The fraction of sp³-hybridized carbons (Fsp3) is 0.286. The summed E-state index contributed by atoms with van der Waals surface area (Å²) in [5, 5.41) is 4.67. The minimum atomic E-state index is -0.309. The van der Waals surface area contributed by atoms with Crippen molar-refractivity contribution in [1.29, 1.82) is 0 Å².